The summed E-state index contributed by atoms with van der Waals surface area (Å²) in [6.07, 6.45) is 0.897. The van der Waals surface area contributed by atoms with E-state index in [1.165, 1.54) is 21.7 Å². The SMILES string of the molecule is CCCNC(=O)CN(C)C(=O)CN1CCN(c2cccc(C)c2C)CC1. The van der Waals surface area contributed by atoms with Crippen molar-refractivity contribution in [2.45, 2.75) is 27.2 Å². The lowest BCUT2D eigenvalue weighted by Crippen LogP contribution is -2.50. The Bertz CT molecular complexity index is 624. The van der Waals surface area contributed by atoms with Gasteiger partial charge in [-0.05, 0) is 37.5 Å². The van der Waals surface area contributed by atoms with Crippen molar-refractivity contribution in [3.63, 3.8) is 0 Å². The van der Waals surface area contributed by atoms with Gasteiger partial charge in [-0.1, -0.05) is 19.1 Å². The number of nitrogens with zero attached hydrogens (tertiary/aromatic N) is 3. The Labute approximate surface area is 157 Å². The average molecular weight is 361 g/mol. The van der Waals surface area contributed by atoms with Crippen LogP contribution >= 0.6 is 0 Å². The number of amides is 2. The maximum atomic E-state index is 12.4. The lowest BCUT2D eigenvalue weighted by Gasteiger charge is -2.37. The summed E-state index contributed by atoms with van der Waals surface area (Å²) < 4.78 is 0. The number of piperazine rings is 1. The maximum absolute atomic E-state index is 12.4. The van der Waals surface area contributed by atoms with Crippen molar-refractivity contribution in [2.75, 3.05) is 57.8 Å². The summed E-state index contributed by atoms with van der Waals surface area (Å²) in [4.78, 5) is 30.2. The van der Waals surface area contributed by atoms with E-state index in [-0.39, 0.29) is 18.4 Å². The molecular weight excluding hydrogens is 328 g/mol. The largest absolute Gasteiger partial charge is 0.369 e. The Balaban J connectivity index is 1.80. The molecule has 144 valence electrons. The van der Waals surface area contributed by atoms with E-state index in [0.717, 1.165) is 32.6 Å². The minimum Gasteiger partial charge on any atom is -0.369 e. The minimum absolute atomic E-state index is 0.00293. The Morgan fingerprint density at radius 1 is 1.15 bits per heavy atom. The number of carbonyl (C=O) groups is 2. The van der Waals surface area contributed by atoms with Gasteiger partial charge >= 0.3 is 0 Å². The predicted molar refractivity (Wildman–Crippen MR) is 106 cm³/mol. The van der Waals surface area contributed by atoms with Crippen molar-refractivity contribution in [1.29, 1.82) is 0 Å². The summed E-state index contributed by atoms with van der Waals surface area (Å²) >= 11 is 0. The third-order valence-corrected chi connectivity index (χ3v) is 5.03. The van der Waals surface area contributed by atoms with Crippen LogP contribution in [0, 0.1) is 13.8 Å². The van der Waals surface area contributed by atoms with Gasteiger partial charge in [0.25, 0.3) is 0 Å². The number of carbonyl (C=O) groups excluding carboxylic acids is 2. The molecule has 26 heavy (non-hydrogen) atoms. The number of likely N-dealkylation sites (N-methyl/N-ethyl adjacent to an activating group) is 1. The molecule has 1 N–H and O–H groups in total. The third-order valence-electron chi connectivity index (χ3n) is 5.03. The van der Waals surface area contributed by atoms with Crippen LogP contribution < -0.4 is 10.2 Å². The molecule has 6 nitrogen and oxygen atoms in total. The average Bonchev–Trinajstić information content (AvgIpc) is 2.63. The van der Waals surface area contributed by atoms with Crippen LogP contribution in [0.2, 0.25) is 0 Å². The second kappa shape index (κ2) is 9.57. The zero-order valence-electron chi connectivity index (χ0n) is 16.5. The Morgan fingerprint density at radius 2 is 1.85 bits per heavy atom. The van der Waals surface area contributed by atoms with Gasteiger partial charge in [-0.25, -0.2) is 0 Å². The highest BCUT2D eigenvalue weighted by Gasteiger charge is 2.22. The van der Waals surface area contributed by atoms with E-state index in [0.29, 0.717) is 13.1 Å². The summed E-state index contributed by atoms with van der Waals surface area (Å²) in [5.41, 5.74) is 3.93. The van der Waals surface area contributed by atoms with Crippen LogP contribution in [0.5, 0.6) is 0 Å². The molecule has 0 aromatic heterocycles. The molecule has 1 aliphatic heterocycles. The molecule has 1 aliphatic rings. The molecule has 2 amide bonds. The molecule has 1 saturated heterocycles. The number of aryl methyl sites for hydroxylation is 1. The predicted octanol–water partition coefficient (Wildman–Crippen LogP) is 1.41. The summed E-state index contributed by atoms with van der Waals surface area (Å²) in [7, 11) is 1.69. The van der Waals surface area contributed by atoms with Crippen LogP contribution in [0.4, 0.5) is 5.69 Å². The molecule has 1 fully saturated rings. The molecule has 0 unspecified atom stereocenters. The fraction of sp³-hybridized carbons (Fsp3) is 0.600. The van der Waals surface area contributed by atoms with Crippen LogP contribution in [-0.4, -0.2) is 74.5 Å². The van der Waals surface area contributed by atoms with Gasteiger partial charge < -0.3 is 15.1 Å². The molecule has 1 aromatic carbocycles. The van der Waals surface area contributed by atoms with E-state index in [1.807, 2.05) is 6.92 Å². The topological polar surface area (TPSA) is 55.9 Å². The summed E-state index contributed by atoms with van der Waals surface area (Å²) in [6, 6.07) is 6.41. The lowest BCUT2D eigenvalue weighted by atomic mass is 10.1. The number of hydrogen-bond donors (Lipinski definition) is 1. The molecule has 0 bridgehead atoms. The first kappa shape index (κ1) is 20.2. The number of anilines is 1. The molecule has 1 aromatic rings. The van der Waals surface area contributed by atoms with Crippen molar-refractivity contribution in [3.8, 4) is 0 Å². The zero-order valence-corrected chi connectivity index (χ0v) is 16.5. The van der Waals surface area contributed by atoms with E-state index < -0.39 is 0 Å². The smallest absolute Gasteiger partial charge is 0.239 e. The number of nitrogens with one attached hydrogen (secondary N) is 1. The Morgan fingerprint density at radius 3 is 2.50 bits per heavy atom. The second-order valence-electron chi connectivity index (χ2n) is 7.08. The maximum Gasteiger partial charge on any atom is 0.239 e. The zero-order chi connectivity index (χ0) is 19.1. The minimum atomic E-state index is -0.0950. The van der Waals surface area contributed by atoms with E-state index in [9.17, 15) is 9.59 Å². The van der Waals surface area contributed by atoms with Gasteiger partial charge in [0, 0.05) is 45.5 Å². The molecule has 2 rings (SSSR count). The normalized spacial score (nSPS) is 15.0. The van der Waals surface area contributed by atoms with E-state index in [1.54, 1.807) is 7.05 Å². The quantitative estimate of drug-likeness (QED) is 0.799. The van der Waals surface area contributed by atoms with Crippen LogP contribution in [0.25, 0.3) is 0 Å². The number of benzene rings is 1. The number of hydrogen-bond acceptors (Lipinski definition) is 4. The first-order valence-corrected chi connectivity index (χ1v) is 9.46. The van der Waals surface area contributed by atoms with Gasteiger partial charge in [0.05, 0.1) is 13.1 Å². The van der Waals surface area contributed by atoms with E-state index in [2.05, 4.69) is 47.2 Å². The van der Waals surface area contributed by atoms with Crippen LogP contribution in [0.3, 0.4) is 0 Å². The van der Waals surface area contributed by atoms with Crippen LogP contribution in [0.1, 0.15) is 24.5 Å². The monoisotopic (exact) mass is 360 g/mol. The Kier molecular flexibility index (Phi) is 7.45. The lowest BCUT2D eigenvalue weighted by molar-refractivity contribution is -0.135. The standard InChI is InChI=1S/C20H32N4O2/c1-5-9-21-19(25)14-22(4)20(26)15-23-10-12-24(13-11-23)18-8-6-7-16(2)17(18)3/h6-8H,5,9-15H2,1-4H3,(H,21,25). The molecule has 0 radical (unpaired) electrons. The molecule has 0 atom stereocenters. The van der Waals surface area contributed by atoms with Crippen molar-refractivity contribution in [3.05, 3.63) is 29.3 Å². The highest BCUT2D eigenvalue weighted by molar-refractivity contribution is 5.85. The first-order valence-electron chi connectivity index (χ1n) is 9.46. The van der Waals surface area contributed by atoms with Crippen molar-refractivity contribution in [2.24, 2.45) is 0 Å². The van der Waals surface area contributed by atoms with Gasteiger partial charge in [0.15, 0.2) is 0 Å². The number of rotatable bonds is 7. The van der Waals surface area contributed by atoms with Gasteiger partial charge in [0.2, 0.25) is 11.8 Å². The third kappa shape index (κ3) is 5.46. The molecule has 0 aliphatic carbocycles. The Hall–Kier alpha value is -2.08. The fourth-order valence-electron chi connectivity index (χ4n) is 3.16. The van der Waals surface area contributed by atoms with Crippen molar-refractivity contribution < 1.29 is 9.59 Å². The van der Waals surface area contributed by atoms with E-state index in [4.69, 9.17) is 0 Å². The highest BCUT2D eigenvalue weighted by atomic mass is 16.2. The summed E-state index contributed by atoms with van der Waals surface area (Å²) in [5, 5.41) is 2.80. The highest BCUT2D eigenvalue weighted by Crippen LogP contribution is 2.23. The van der Waals surface area contributed by atoms with Crippen LogP contribution in [0.15, 0.2) is 18.2 Å². The first-order chi connectivity index (χ1) is 12.4. The molecule has 6 heteroatoms. The summed E-state index contributed by atoms with van der Waals surface area (Å²) in [6.45, 7) is 11.0. The van der Waals surface area contributed by atoms with Crippen molar-refractivity contribution in [1.82, 2.24) is 15.1 Å². The van der Waals surface area contributed by atoms with Gasteiger partial charge in [0.1, 0.15) is 0 Å². The fourth-order valence-corrected chi connectivity index (χ4v) is 3.16. The molecular formula is C20H32N4O2. The second-order valence-corrected chi connectivity index (χ2v) is 7.08. The van der Waals surface area contributed by atoms with Crippen LogP contribution in [-0.2, 0) is 9.59 Å². The van der Waals surface area contributed by atoms with Gasteiger partial charge in [-0.2, -0.15) is 0 Å². The van der Waals surface area contributed by atoms with Gasteiger partial charge in [-0.3, -0.25) is 14.5 Å². The van der Waals surface area contributed by atoms with E-state index >= 15 is 0 Å². The summed E-state index contributed by atoms with van der Waals surface area (Å²) in [5.74, 6) is -0.0979. The molecule has 1 heterocycles. The van der Waals surface area contributed by atoms with Crippen molar-refractivity contribution >= 4 is 17.5 Å². The molecule has 0 spiro atoms. The van der Waals surface area contributed by atoms with Gasteiger partial charge in [-0.15, -0.1) is 0 Å². The molecule has 0 saturated carbocycles.